The van der Waals surface area contributed by atoms with Gasteiger partial charge < -0.3 is 5.32 Å². The second kappa shape index (κ2) is 7.12. The van der Waals surface area contributed by atoms with Crippen LogP contribution in [-0.4, -0.2) is 48.6 Å². The molecule has 1 aliphatic heterocycles. The second-order valence-electron chi connectivity index (χ2n) is 5.78. The molecule has 1 aliphatic rings. The predicted octanol–water partition coefficient (Wildman–Crippen LogP) is 1.39. The van der Waals surface area contributed by atoms with Gasteiger partial charge in [-0.1, -0.05) is 29.5 Å². The van der Waals surface area contributed by atoms with Crippen LogP contribution in [0.2, 0.25) is 0 Å². The SMILES string of the molecule is Cc1ccc(S(=O)(=O)N(C)c2c(C(=O)NC3=NCCS3)cnn2C)cc1. The highest BCUT2D eigenvalue weighted by molar-refractivity contribution is 8.14. The topological polar surface area (TPSA) is 96.7 Å². The van der Waals surface area contributed by atoms with E-state index in [9.17, 15) is 13.2 Å². The van der Waals surface area contributed by atoms with Gasteiger partial charge >= 0.3 is 0 Å². The van der Waals surface area contributed by atoms with Gasteiger partial charge in [0.2, 0.25) is 0 Å². The van der Waals surface area contributed by atoms with Crippen molar-refractivity contribution in [2.75, 3.05) is 23.7 Å². The molecule has 0 aliphatic carbocycles. The van der Waals surface area contributed by atoms with Gasteiger partial charge in [0, 0.05) is 19.8 Å². The Bertz CT molecular complexity index is 964. The van der Waals surface area contributed by atoms with Crippen molar-refractivity contribution in [3.8, 4) is 0 Å². The van der Waals surface area contributed by atoms with E-state index in [0.717, 1.165) is 15.6 Å². The molecule has 0 spiro atoms. The number of nitrogens with zero attached hydrogens (tertiary/aromatic N) is 4. The quantitative estimate of drug-likeness (QED) is 0.847. The zero-order valence-electron chi connectivity index (χ0n) is 14.6. The molecule has 0 saturated carbocycles. The summed E-state index contributed by atoms with van der Waals surface area (Å²) in [7, 11) is -0.827. The summed E-state index contributed by atoms with van der Waals surface area (Å²) in [6.45, 7) is 2.54. The minimum Gasteiger partial charge on any atom is -0.301 e. The van der Waals surface area contributed by atoms with E-state index in [2.05, 4.69) is 15.4 Å². The van der Waals surface area contributed by atoms with E-state index in [0.29, 0.717) is 11.7 Å². The Morgan fingerprint density at radius 2 is 2.00 bits per heavy atom. The summed E-state index contributed by atoms with van der Waals surface area (Å²) >= 11 is 1.45. The normalized spacial score (nSPS) is 14.2. The van der Waals surface area contributed by atoms with Crippen LogP contribution in [0.3, 0.4) is 0 Å². The number of amidine groups is 1. The number of nitrogens with one attached hydrogen (secondary N) is 1. The Balaban J connectivity index is 1.94. The number of rotatable bonds is 4. The van der Waals surface area contributed by atoms with Crippen molar-refractivity contribution in [3.05, 3.63) is 41.6 Å². The van der Waals surface area contributed by atoms with Gasteiger partial charge in [-0.15, -0.1) is 0 Å². The van der Waals surface area contributed by atoms with E-state index in [1.54, 1.807) is 31.3 Å². The highest BCUT2D eigenvalue weighted by Gasteiger charge is 2.29. The molecule has 1 amide bonds. The van der Waals surface area contributed by atoms with Crippen LogP contribution in [0.15, 0.2) is 40.4 Å². The summed E-state index contributed by atoms with van der Waals surface area (Å²) in [6.07, 6.45) is 1.35. The highest BCUT2D eigenvalue weighted by atomic mass is 32.2. The number of anilines is 1. The molecule has 0 saturated heterocycles. The Morgan fingerprint density at radius 3 is 2.62 bits per heavy atom. The number of amides is 1. The largest absolute Gasteiger partial charge is 0.301 e. The van der Waals surface area contributed by atoms with Crippen molar-refractivity contribution < 1.29 is 13.2 Å². The molecule has 138 valence electrons. The summed E-state index contributed by atoms with van der Waals surface area (Å²) < 4.78 is 28.3. The summed E-state index contributed by atoms with van der Waals surface area (Å²) in [5, 5.41) is 7.30. The average Bonchev–Trinajstić information content (AvgIpc) is 3.24. The van der Waals surface area contributed by atoms with Gasteiger partial charge in [0.15, 0.2) is 11.0 Å². The van der Waals surface area contributed by atoms with Crippen LogP contribution in [0.4, 0.5) is 5.82 Å². The Labute approximate surface area is 156 Å². The van der Waals surface area contributed by atoms with Crippen molar-refractivity contribution in [3.63, 3.8) is 0 Å². The van der Waals surface area contributed by atoms with Gasteiger partial charge in [-0.2, -0.15) is 5.10 Å². The summed E-state index contributed by atoms with van der Waals surface area (Å²) in [5.74, 6) is 0.566. The number of hydrogen-bond donors (Lipinski definition) is 1. The molecule has 0 bridgehead atoms. The number of carbonyl (C=O) groups excluding carboxylic acids is 1. The first-order chi connectivity index (χ1) is 12.3. The van der Waals surface area contributed by atoms with E-state index in [1.807, 2.05) is 6.92 Å². The van der Waals surface area contributed by atoms with Crippen LogP contribution >= 0.6 is 11.8 Å². The zero-order valence-corrected chi connectivity index (χ0v) is 16.3. The summed E-state index contributed by atoms with van der Waals surface area (Å²) in [6, 6.07) is 6.54. The van der Waals surface area contributed by atoms with Crippen LogP contribution < -0.4 is 9.62 Å². The van der Waals surface area contributed by atoms with Crippen molar-refractivity contribution in [2.24, 2.45) is 12.0 Å². The minimum absolute atomic E-state index is 0.147. The molecule has 0 atom stereocenters. The maximum Gasteiger partial charge on any atom is 0.265 e. The Hall–Kier alpha value is -2.33. The first-order valence-corrected chi connectivity index (χ1v) is 10.3. The van der Waals surface area contributed by atoms with Crippen LogP contribution in [0.5, 0.6) is 0 Å². The molecule has 0 fully saturated rings. The smallest absolute Gasteiger partial charge is 0.265 e. The lowest BCUT2D eigenvalue weighted by Crippen LogP contribution is -2.33. The van der Waals surface area contributed by atoms with E-state index >= 15 is 0 Å². The molecule has 2 aromatic rings. The molecule has 1 aromatic carbocycles. The number of hydrogen-bond acceptors (Lipinski definition) is 6. The summed E-state index contributed by atoms with van der Waals surface area (Å²) in [4.78, 5) is 16.9. The molecule has 1 N–H and O–H groups in total. The number of carbonyl (C=O) groups is 1. The second-order valence-corrected chi connectivity index (χ2v) is 8.83. The van der Waals surface area contributed by atoms with Gasteiger partial charge in [-0.25, -0.2) is 8.42 Å². The van der Waals surface area contributed by atoms with Crippen LogP contribution in [0.25, 0.3) is 0 Å². The third-order valence-electron chi connectivity index (χ3n) is 3.94. The van der Waals surface area contributed by atoms with Gasteiger partial charge in [-0.3, -0.25) is 18.8 Å². The third kappa shape index (κ3) is 3.47. The standard InChI is InChI=1S/C16H19N5O3S2/c1-11-4-6-12(7-5-11)26(23,24)21(3)15-13(10-18-20(15)2)14(22)19-16-17-8-9-25-16/h4-7,10H,8-9H2,1-3H3,(H,17,19,22). The molecule has 3 rings (SSSR count). The number of sulfonamides is 1. The molecule has 8 nitrogen and oxygen atoms in total. The number of aryl methyl sites for hydroxylation is 2. The number of benzene rings is 1. The van der Waals surface area contributed by atoms with Crippen LogP contribution in [-0.2, 0) is 17.1 Å². The highest BCUT2D eigenvalue weighted by Crippen LogP contribution is 2.25. The maximum atomic E-state index is 12.9. The minimum atomic E-state index is -3.83. The number of thioether (sulfide) groups is 1. The number of aliphatic imine (C=N–C) groups is 1. The maximum absolute atomic E-state index is 12.9. The zero-order chi connectivity index (χ0) is 18.9. The van der Waals surface area contributed by atoms with Gasteiger partial charge in [0.1, 0.15) is 5.56 Å². The molecule has 0 radical (unpaired) electrons. The molecular weight excluding hydrogens is 374 g/mol. The van der Waals surface area contributed by atoms with Crippen molar-refractivity contribution in [1.82, 2.24) is 15.1 Å². The molecule has 2 heterocycles. The van der Waals surface area contributed by atoms with E-state index in [4.69, 9.17) is 0 Å². The molecule has 10 heteroatoms. The molecule has 1 aromatic heterocycles. The van der Waals surface area contributed by atoms with Gasteiger partial charge in [0.05, 0.1) is 17.6 Å². The Morgan fingerprint density at radius 1 is 1.31 bits per heavy atom. The monoisotopic (exact) mass is 393 g/mol. The van der Waals surface area contributed by atoms with Crippen molar-refractivity contribution >= 4 is 38.7 Å². The lowest BCUT2D eigenvalue weighted by molar-refractivity contribution is 0.0978. The van der Waals surface area contributed by atoms with E-state index in [1.165, 1.54) is 29.7 Å². The molecular formula is C16H19N5O3S2. The predicted molar refractivity (Wildman–Crippen MR) is 102 cm³/mol. The third-order valence-corrected chi connectivity index (χ3v) is 6.59. The van der Waals surface area contributed by atoms with E-state index in [-0.39, 0.29) is 16.3 Å². The fourth-order valence-corrected chi connectivity index (χ4v) is 4.49. The average molecular weight is 393 g/mol. The van der Waals surface area contributed by atoms with E-state index < -0.39 is 15.9 Å². The first kappa shape index (κ1) is 18.5. The number of aromatic nitrogens is 2. The van der Waals surface area contributed by atoms with Gasteiger partial charge in [0.25, 0.3) is 15.9 Å². The summed E-state index contributed by atoms with van der Waals surface area (Å²) in [5.41, 5.74) is 1.13. The van der Waals surface area contributed by atoms with Crippen LogP contribution in [0, 0.1) is 6.92 Å². The Kier molecular flexibility index (Phi) is 5.05. The van der Waals surface area contributed by atoms with Crippen molar-refractivity contribution in [2.45, 2.75) is 11.8 Å². The van der Waals surface area contributed by atoms with Crippen molar-refractivity contribution in [1.29, 1.82) is 0 Å². The van der Waals surface area contributed by atoms with Crippen LogP contribution in [0.1, 0.15) is 15.9 Å². The molecule has 0 unspecified atom stereocenters. The first-order valence-electron chi connectivity index (χ1n) is 7.87. The fraction of sp³-hybridized carbons (Fsp3) is 0.312. The van der Waals surface area contributed by atoms with Gasteiger partial charge in [-0.05, 0) is 19.1 Å². The fourth-order valence-electron chi connectivity index (χ4n) is 2.52. The molecule has 26 heavy (non-hydrogen) atoms. The lowest BCUT2D eigenvalue weighted by atomic mass is 10.2. The lowest BCUT2D eigenvalue weighted by Gasteiger charge is -2.21.